The predicted molar refractivity (Wildman–Crippen MR) is 45.2 cm³/mol. The molecule has 0 aliphatic carbocycles. The van der Waals surface area contributed by atoms with Crippen LogP contribution in [0.25, 0.3) is 0 Å². The summed E-state index contributed by atoms with van der Waals surface area (Å²) < 4.78 is 21.3. The third-order valence-electron chi connectivity index (χ3n) is 1.16. The molecule has 1 aromatic heterocycles. The van der Waals surface area contributed by atoms with E-state index in [4.69, 9.17) is 10.2 Å². The molecule has 3 N–H and O–H groups in total. The Morgan fingerprint density at radius 3 is 2.46 bits per heavy atom. The maximum atomic E-state index is 10.9. The van der Waals surface area contributed by atoms with Crippen LogP contribution >= 0.6 is 11.3 Å². The molecule has 6 nitrogen and oxygen atoms in total. The molecular formula is C5H6N2O4S2. The van der Waals surface area contributed by atoms with Crippen molar-refractivity contribution in [3.8, 4) is 0 Å². The Hall–Kier alpha value is -0.990. The first-order chi connectivity index (χ1) is 5.82. The van der Waals surface area contributed by atoms with Gasteiger partial charge in [0.05, 0.1) is 5.01 Å². The summed E-state index contributed by atoms with van der Waals surface area (Å²) in [6, 6.07) is 0. The third-order valence-corrected chi connectivity index (χ3v) is 3.59. The zero-order chi connectivity index (χ0) is 10.2. The molecule has 1 aromatic rings. The van der Waals surface area contributed by atoms with Crippen LogP contribution in [0.4, 0.5) is 0 Å². The van der Waals surface area contributed by atoms with Gasteiger partial charge in [-0.3, -0.25) is 0 Å². The molecule has 1 rings (SSSR count). The molecule has 0 fully saturated rings. The average molecular weight is 222 g/mol. The van der Waals surface area contributed by atoms with Crippen LogP contribution < -0.4 is 5.14 Å². The first-order valence-electron chi connectivity index (χ1n) is 3.06. The number of sulfonamides is 1. The van der Waals surface area contributed by atoms with Gasteiger partial charge in [-0.2, -0.15) is 0 Å². The molecule has 0 atom stereocenters. The fraction of sp³-hybridized carbons (Fsp3) is 0.200. The zero-order valence-electron chi connectivity index (χ0n) is 6.51. The highest BCUT2D eigenvalue weighted by molar-refractivity contribution is 7.91. The van der Waals surface area contributed by atoms with Gasteiger partial charge in [-0.15, -0.1) is 11.3 Å². The van der Waals surface area contributed by atoms with Crippen LogP contribution in [0.15, 0.2) is 4.21 Å². The van der Waals surface area contributed by atoms with E-state index in [1.165, 1.54) is 6.92 Å². The van der Waals surface area contributed by atoms with Gasteiger partial charge in [0.2, 0.25) is 10.0 Å². The van der Waals surface area contributed by atoms with Crippen molar-refractivity contribution in [1.29, 1.82) is 0 Å². The van der Waals surface area contributed by atoms with Crippen LogP contribution in [0.2, 0.25) is 0 Å². The molecule has 0 spiro atoms. The van der Waals surface area contributed by atoms with E-state index >= 15 is 0 Å². The Kier molecular flexibility index (Phi) is 2.37. The summed E-state index contributed by atoms with van der Waals surface area (Å²) in [5, 5.41) is 13.7. The summed E-state index contributed by atoms with van der Waals surface area (Å²) >= 11 is 0.745. The van der Waals surface area contributed by atoms with Crippen LogP contribution in [-0.2, 0) is 10.0 Å². The lowest BCUT2D eigenvalue weighted by atomic mass is 10.5. The lowest BCUT2D eigenvalue weighted by molar-refractivity contribution is 0.0687. The minimum atomic E-state index is -3.98. The number of nitrogens with two attached hydrogens (primary N) is 1. The van der Waals surface area contributed by atoms with E-state index in [9.17, 15) is 13.2 Å². The van der Waals surface area contributed by atoms with Crippen LogP contribution in [-0.4, -0.2) is 24.5 Å². The van der Waals surface area contributed by atoms with E-state index in [2.05, 4.69) is 4.98 Å². The zero-order valence-corrected chi connectivity index (χ0v) is 8.15. The summed E-state index contributed by atoms with van der Waals surface area (Å²) in [6.45, 7) is 1.51. The van der Waals surface area contributed by atoms with Gasteiger partial charge >= 0.3 is 5.97 Å². The molecule has 1 heterocycles. The topological polar surface area (TPSA) is 110 Å². The van der Waals surface area contributed by atoms with Gasteiger partial charge in [0.15, 0.2) is 9.90 Å². The van der Waals surface area contributed by atoms with E-state index in [1.54, 1.807) is 0 Å². The second kappa shape index (κ2) is 3.05. The third kappa shape index (κ3) is 2.02. The van der Waals surface area contributed by atoms with E-state index in [-0.39, 0.29) is 0 Å². The largest absolute Gasteiger partial charge is 0.476 e. The van der Waals surface area contributed by atoms with Gasteiger partial charge in [-0.25, -0.2) is 23.3 Å². The van der Waals surface area contributed by atoms with Crippen LogP contribution in [0, 0.1) is 6.92 Å². The van der Waals surface area contributed by atoms with Crippen molar-refractivity contribution in [2.45, 2.75) is 11.1 Å². The number of hydrogen-bond donors (Lipinski definition) is 2. The molecule has 0 bridgehead atoms. The molecule has 13 heavy (non-hydrogen) atoms. The fourth-order valence-corrected chi connectivity index (χ4v) is 2.60. The number of aromatic nitrogens is 1. The van der Waals surface area contributed by atoms with Crippen LogP contribution in [0.1, 0.15) is 15.5 Å². The Morgan fingerprint density at radius 2 is 2.15 bits per heavy atom. The molecule has 0 aliphatic heterocycles. The van der Waals surface area contributed by atoms with Crippen molar-refractivity contribution >= 4 is 27.3 Å². The minimum absolute atomic E-state index is 0.349. The molecule has 0 aromatic carbocycles. The van der Waals surface area contributed by atoms with Crippen molar-refractivity contribution in [2.24, 2.45) is 5.14 Å². The monoisotopic (exact) mass is 222 g/mol. The summed E-state index contributed by atoms with van der Waals surface area (Å²) in [5.74, 6) is -1.40. The van der Waals surface area contributed by atoms with Crippen molar-refractivity contribution in [3.63, 3.8) is 0 Å². The van der Waals surface area contributed by atoms with Gasteiger partial charge in [0.1, 0.15) is 0 Å². The van der Waals surface area contributed by atoms with Gasteiger partial charge in [0, 0.05) is 0 Å². The van der Waals surface area contributed by atoms with Crippen molar-refractivity contribution in [1.82, 2.24) is 4.98 Å². The van der Waals surface area contributed by atoms with Crippen molar-refractivity contribution < 1.29 is 18.3 Å². The number of nitrogens with zero attached hydrogens (tertiary/aromatic N) is 1. The standard InChI is InChI=1S/C5H6N2O4S2/c1-2-7-3(4(8)9)5(12-2)13(6,10)11/h1H3,(H,8,9)(H2,6,10,11). The van der Waals surface area contributed by atoms with E-state index in [0.717, 1.165) is 11.3 Å². The normalized spacial score (nSPS) is 11.5. The molecule has 0 amide bonds. The highest BCUT2D eigenvalue weighted by atomic mass is 32.2. The molecular weight excluding hydrogens is 216 g/mol. The number of hydrogen-bond acceptors (Lipinski definition) is 5. The quantitative estimate of drug-likeness (QED) is 0.719. The molecule has 0 radical (unpaired) electrons. The summed E-state index contributed by atoms with van der Waals surface area (Å²) in [4.78, 5) is 14.0. The lowest BCUT2D eigenvalue weighted by Crippen LogP contribution is -2.14. The minimum Gasteiger partial charge on any atom is -0.476 e. The van der Waals surface area contributed by atoms with Gasteiger partial charge < -0.3 is 5.11 Å². The Bertz CT molecular complexity index is 447. The van der Waals surface area contributed by atoms with Crippen LogP contribution in [0.5, 0.6) is 0 Å². The molecule has 0 aliphatic rings. The summed E-state index contributed by atoms with van der Waals surface area (Å²) in [5.41, 5.74) is -0.509. The Labute approximate surface area is 78.1 Å². The molecule has 0 unspecified atom stereocenters. The second-order valence-electron chi connectivity index (χ2n) is 2.22. The highest BCUT2D eigenvalue weighted by Gasteiger charge is 2.23. The lowest BCUT2D eigenvalue weighted by Gasteiger charge is -1.92. The van der Waals surface area contributed by atoms with Crippen molar-refractivity contribution in [2.75, 3.05) is 0 Å². The number of carboxylic acid groups (broad SMARTS) is 1. The SMILES string of the molecule is Cc1nc(C(=O)O)c(S(N)(=O)=O)s1. The number of aryl methyl sites for hydroxylation is 1. The van der Waals surface area contributed by atoms with Crippen LogP contribution in [0.3, 0.4) is 0 Å². The van der Waals surface area contributed by atoms with Gasteiger partial charge in [-0.05, 0) is 6.92 Å². The summed E-state index contributed by atoms with van der Waals surface area (Å²) in [7, 11) is -3.98. The Balaban J connectivity index is 3.46. The maximum Gasteiger partial charge on any atom is 0.356 e. The summed E-state index contributed by atoms with van der Waals surface area (Å²) in [6.07, 6.45) is 0. The molecule has 72 valence electrons. The predicted octanol–water partition coefficient (Wildman–Crippen LogP) is -0.203. The number of thiazole rings is 1. The van der Waals surface area contributed by atoms with E-state index in [1.807, 2.05) is 0 Å². The molecule has 0 saturated heterocycles. The van der Waals surface area contributed by atoms with E-state index < -0.39 is 25.9 Å². The van der Waals surface area contributed by atoms with Gasteiger partial charge in [0.25, 0.3) is 0 Å². The number of aromatic carboxylic acids is 1. The second-order valence-corrected chi connectivity index (χ2v) is 5.18. The van der Waals surface area contributed by atoms with E-state index in [0.29, 0.717) is 5.01 Å². The number of rotatable bonds is 2. The van der Waals surface area contributed by atoms with Gasteiger partial charge in [-0.1, -0.05) is 0 Å². The van der Waals surface area contributed by atoms with Crippen molar-refractivity contribution in [3.05, 3.63) is 10.7 Å². The Morgan fingerprint density at radius 1 is 1.62 bits per heavy atom. The smallest absolute Gasteiger partial charge is 0.356 e. The average Bonchev–Trinajstić information content (AvgIpc) is 2.29. The fourth-order valence-electron chi connectivity index (χ4n) is 0.736. The number of carbonyl (C=O) groups is 1. The maximum absolute atomic E-state index is 10.9. The first kappa shape index (κ1) is 10.1. The first-order valence-corrected chi connectivity index (χ1v) is 5.42. The highest BCUT2D eigenvalue weighted by Crippen LogP contribution is 2.21. The number of primary sulfonamides is 1. The molecule has 0 saturated carbocycles. The molecule has 8 heteroatoms. The number of carboxylic acids is 1.